The van der Waals surface area contributed by atoms with Crippen molar-refractivity contribution in [3.63, 3.8) is 0 Å². The minimum absolute atomic E-state index is 0.0204. The van der Waals surface area contributed by atoms with Gasteiger partial charge in [-0.05, 0) is 58.6 Å². The summed E-state index contributed by atoms with van der Waals surface area (Å²) in [6, 6.07) is 7.87. The Morgan fingerprint density at radius 3 is 2.00 bits per heavy atom. The number of carbonyl (C=O) groups is 1. The van der Waals surface area contributed by atoms with Crippen molar-refractivity contribution >= 4 is 5.91 Å². The molecule has 28 heavy (non-hydrogen) atoms. The highest BCUT2D eigenvalue weighted by Crippen LogP contribution is 2.39. The zero-order valence-electron chi connectivity index (χ0n) is 18.3. The highest BCUT2D eigenvalue weighted by Gasteiger charge is 2.26. The van der Waals surface area contributed by atoms with Crippen LogP contribution in [0.1, 0.15) is 83.2 Å². The van der Waals surface area contributed by atoms with Crippen LogP contribution in [-0.4, -0.2) is 16.0 Å². The molecule has 0 saturated heterocycles. The van der Waals surface area contributed by atoms with Crippen LogP contribution in [0.25, 0.3) is 0 Å². The van der Waals surface area contributed by atoms with E-state index in [0.717, 1.165) is 22.3 Å². The van der Waals surface area contributed by atoms with E-state index in [1.165, 1.54) is 0 Å². The first-order valence-electron chi connectivity index (χ1n) is 9.95. The largest absolute Gasteiger partial charge is 0.507 e. The van der Waals surface area contributed by atoms with Crippen molar-refractivity contribution in [2.24, 2.45) is 0 Å². The first-order chi connectivity index (χ1) is 12.9. The fourth-order valence-electron chi connectivity index (χ4n) is 3.29. The number of carbonyl (C=O) groups excluding carboxylic acids is 1. The Hall–Kier alpha value is -2.36. The number of hydrogen-bond donors (Lipinski definition) is 2. The number of aryl methyl sites for hydroxylation is 1. The van der Waals surface area contributed by atoms with E-state index in [1.807, 2.05) is 31.2 Å². The van der Waals surface area contributed by atoms with Crippen LogP contribution >= 0.6 is 0 Å². The topological polar surface area (TPSA) is 62.2 Å². The molecule has 2 N–H and O–H groups in total. The monoisotopic (exact) mass is 382 g/mol. The van der Waals surface area contributed by atoms with Crippen LogP contribution in [0.5, 0.6) is 5.75 Å². The second-order valence-corrected chi connectivity index (χ2v) is 9.61. The quantitative estimate of drug-likeness (QED) is 0.748. The zero-order chi connectivity index (χ0) is 21.1. The Balaban J connectivity index is 2.16. The summed E-state index contributed by atoms with van der Waals surface area (Å²) in [7, 11) is 0. The predicted molar refractivity (Wildman–Crippen MR) is 115 cm³/mol. The fourth-order valence-corrected chi connectivity index (χ4v) is 3.29. The van der Waals surface area contributed by atoms with Crippen molar-refractivity contribution in [1.29, 1.82) is 0 Å². The third-order valence-electron chi connectivity index (χ3n) is 5.01. The second-order valence-electron chi connectivity index (χ2n) is 9.61. The van der Waals surface area contributed by atoms with Gasteiger partial charge in [-0.2, -0.15) is 0 Å². The number of pyridine rings is 1. The van der Waals surface area contributed by atoms with Gasteiger partial charge in [-0.15, -0.1) is 0 Å². The second kappa shape index (κ2) is 8.34. The van der Waals surface area contributed by atoms with E-state index >= 15 is 0 Å². The normalized spacial score (nSPS) is 13.2. The van der Waals surface area contributed by atoms with Gasteiger partial charge in [0.2, 0.25) is 5.91 Å². The maximum Gasteiger partial charge on any atom is 0.220 e. The molecular formula is C24H34N2O2. The van der Waals surface area contributed by atoms with Crippen LogP contribution in [-0.2, 0) is 22.0 Å². The number of nitrogens with one attached hydrogen (secondary N) is 1. The number of hydrogen-bond acceptors (Lipinski definition) is 3. The van der Waals surface area contributed by atoms with E-state index in [-0.39, 0.29) is 22.8 Å². The Labute approximate surface area is 169 Å². The van der Waals surface area contributed by atoms with E-state index in [9.17, 15) is 9.90 Å². The molecule has 0 saturated carbocycles. The number of aromatic nitrogens is 1. The van der Waals surface area contributed by atoms with Gasteiger partial charge in [-0.1, -0.05) is 53.7 Å². The van der Waals surface area contributed by atoms with Crippen molar-refractivity contribution in [3.8, 4) is 5.75 Å². The first kappa shape index (κ1) is 21.9. The molecule has 0 fully saturated rings. The third kappa shape index (κ3) is 5.57. The molecule has 1 unspecified atom stereocenters. The van der Waals surface area contributed by atoms with Crippen LogP contribution in [0.15, 0.2) is 36.7 Å². The molecule has 4 nitrogen and oxygen atoms in total. The summed E-state index contributed by atoms with van der Waals surface area (Å²) in [6.07, 6.45) is 4.52. The SMILES string of the molecule is CC(NC(=O)CCc1cc(C(C)(C)C)c(O)c(C(C)(C)C)c1)c1ccncc1. The van der Waals surface area contributed by atoms with Crippen molar-refractivity contribution in [2.45, 2.75) is 78.2 Å². The molecule has 0 aliphatic heterocycles. The first-order valence-corrected chi connectivity index (χ1v) is 9.95. The van der Waals surface area contributed by atoms with Crippen molar-refractivity contribution in [3.05, 3.63) is 58.9 Å². The van der Waals surface area contributed by atoms with E-state index in [1.54, 1.807) is 12.4 Å². The van der Waals surface area contributed by atoms with Crippen LogP contribution in [0, 0.1) is 0 Å². The lowest BCUT2D eigenvalue weighted by Gasteiger charge is -2.28. The number of phenolic OH excluding ortho intramolecular Hbond substituents is 1. The number of amides is 1. The van der Waals surface area contributed by atoms with Crippen LogP contribution < -0.4 is 5.32 Å². The fraction of sp³-hybridized carbons (Fsp3) is 0.500. The van der Waals surface area contributed by atoms with Gasteiger partial charge in [0.05, 0.1) is 6.04 Å². The molecule has 2 aromatic rings. The van der Waals surface area contributed by atoms with E-state index in [0.29, 0.717) is 18.6 Å². The zero-order valence-corrected chi connectivity index (χ0v) is 18.3. The predicted octanol–water partition coefficient (Wildman–Crippen LogP) is 5.19. The minimum atomic E-state index is -0.168. The molecule has 1 amide bonds. The molecule has 1 aromatic heterocycles. The number of benzene rings is 1. The number of nitrogens with zero attached hydrogens (tertiary/aromatic N) is 1. The van der Waals surface area contributed by atoms with E-state index < -0.39 is 0 Å². The van der Waals surface area contributed by atoms with Gasteiger partial charge in [0, 0.05) is 18.8 Å². The highest BCUT2D eigenvalue weighted by molar-refractivity contribution is 5.76. The van der Waals surface area contributed by atoms with Crippen LogP contribution in [0.4, 0.5) is 0 Å². The molecule has 0 aliphatic carbocycles. The minimum Gasteiger partial charge on any atom is -0.507 e. The van der Waals surface area contributed by atoms with Crippen molar-refractivity contribution in [2.75, 3.05) is 0 Å². The summed E-state index contributed by atoms with van der Waals surface area (Å²) < 4.78 is 0. The lowest BCUT2D eigenvalue weighted by Crippen LogP contribution is -2.27. The molecule has 0 aliphatic rings. The summed E-state index contributed by atoms with van der Waals surface area (Å²) in [5.41, 5.74) is 3.65. The van der Waals surface area contributed by atoms with E-state index in [2.05, 4.69) is 51.8 Å². The summed E-state index contributed by atoms with van der Waals surface area (Å²) in [5.74, 6) is 0.395. The van der Waals surface area contributed by atoms with Gasteiger partial charge < -0.3 is 10.4 Å². The Morgan fingerprint density at radius 2 is 1.54 bits per heavy atom. The molecule has 1 heterocycles. The summed E-state index contributed by atoms with van der Waals surface area (Å²) in [6.45, 7) is 14.6. The number of aromatic hydroxyl groups is 1. The van der Waals surface area contributed by atoms with Gasteiger partial charge >= 0.3 is 0 Å². The van der Waals surface area contributed by atoms with E-state index in [4.69, 9.17) is 0 Å². The van der Waals surface area contributed by atoms with Crippen molar-refractivity contribution in [1.82, 2.24) is 10.3 Å². The lowest BCUT2D eigenvalue weighted by molar-refractivity contribution is -0.121. The molecular weight excluding hydrogens is 348 g/mol. The van der Waals surface area contributed by atoms with Crippen LogP contribution in [0.2, 0.25) is 0 Å². The molecule has 2 rings (SSSR count). The van der Waals surface area contributed by atoms with Gasteiger partial charge in [0.25, 0.3) is 0 Å². The molecule has 4 heteroatoms. The highest BCUT2D eigenvalue weighted by atomic mass is 16.3. The molecule has 0 bridgehead atoms. The standard InChI is InChI=1S/C24H34N2O2/c1-16(18-10-12-25-13-11-18)26-21(27)9-8-17-14-19(23(2,3)4)22(28)20(15-17)24(5,6)7/h10-16,28H,8-9H2,1-7H3,(H,26,27). The number of rotatable bonds is 5. The molecule has 0 radical (unpaired) electrons. The smallest absolute Gasteiger partial charge is 0.220 e. The van der Waals surface area contributed by atoms with Gasteiger partial charge in [-0.3, -0.25) is 9.78 Å². The summed E-state index contributed by atoms with van der Waals surface area (Å²) in [5, 5.41) is 13.9. The summed E-state index contributed by atoms with van der Waals surface area (Å²) in [4.78, 5) is 16.5. The maximum atomic E-state index is 12.5. The average Bonchev–Trinajstić information content (AvgIpc) is 2.59. The van der Waals surface area contributed by atoms with Crippen LogP contribution in [0.3, 0.4) is 0 Å². The van der Waals surface area contributed by atoms with Crippen molar-refractivity contribution < 1.29 is 9.90 Å². The molecule has 1 atom stereocenters. The van der Waals surface area contributed by atoms with Gasteiger partial charge in [0.15, 0.2) is 0 Å². The molecule has 0 spiro atoms. The lowest BCUT2D eigenvalue weighted by atomic mass is 9.78. The summed E-state index contributed by atoms with van der Waals surface area (Å²) >= 11 is 0. The third-order valence-corrected chi connectivity index (χ3v) is 5.01. The molecule has 1 aromatic carbocycles. The molecule has 152 valence electrons. The Morgan fingerprint density at radius 1 is 1.04 bits per heavy atom. The average molecular weight is 383 g/mol. The Bertz CT molecular complexity index is 780. The van der Waals surface area contributed by atoms with Gasteiger partial charge in [-0.25, -0.2) is 0 Å². The maximum absolute atomic E-state index is 12.5. The van der Waals surface area contributed by atoms with Gasteiger partial charge in [0.1, 0.15) is 5.75 Å². The number of phenols is 1. The Kier molecular flexibility index (Phi) is 6.53.